The van der Waals surface area contributed by atoms with E-state index < -0.39 is 5.97 Å². The minimum absolute atomic E-state index is 0.0971. The number of carboxylic acids is 1. The first-order valence-corrected chi connectivity index (χ1v) is 4.38. The summed E-state index contributed by atoms with van der Waals surface area (Å²) in [5.41, 5.74) is 6.61. The summed E-state index contributed by atoms with van der Waals surface area (Å²) in [6.45, 7) is 1.62. The zero-order valence-corrected chi connectivity index (χ0v) is 8.28. The van der Waals surface area contributed by atoms with Crippen molar-refractivity contribution in [3.8, 4) is 0 Å². The number of amides is 1. The highest BCUT2D eigenvalue weighted by Gasteiger charge is 2.07. The molecule has 1 rings (SSSR count). The zero-order chi connectivity index (χ0) is 11.4. The Morgan fingerprint density at radius 1 is 1.47 bits per heavy atom. The number of carbonyl (C=O) groups excluding carboxylic acids is 1. The molecule has 1 amide bonds. The minimum Gasteiger partial charge on any atom is -0.478 e. The van der Waals surface area contributed by atoms with Crippen molar-refractivity contribution in [1.29, 1.82) is 0 Å². The van der Waals surface area contributed by atoms with Crippen molar-refractivity contribution in [2.75, 3.05) is 11.9 Å². The third-order valence-electron chi connectivity index (χ3n) is 1.93. The van der Waals surface area contributed by atoms with Crippen molar-refractivity contribution < 1.29 is 14.7 Å². The van der Waals surface area contributed by atoms with Gasteiger partial charge in [-0.25, -0.2) is 4.79 Å². The van der Waals surface area contributed by atoms with Gasteiger partial charge in [-0.1, -0.05) is 0 Å². The monoisotopic (exact) mass is 208 g/mol. The van der Waals surface area contributed by atoms with Gasteiger partial charge in [-0.15, -0.1) is 0 Å². The first-order valence-electron chi connectivity index (χ1n) is 4.38. The van der Waals surface area contributed by atoms with Crippen molar-refractivity contribution in [3.63, 3.8) is 0 Å². The molecule has 0 heterocycles. The van der Waals surface area contributed by atoms with Gasteiger partial charge in [0, 0.05) is 5.69 Å². The summed E-state index contributed by atoms with van der Waals surface area (Å²) in [5, 5.41) is 11.3. The maximum absolute atomic E-state index is 11.0. The van der Waals surface area contributed by atoms with Crippen molar-refractivity contribution in [2.24, 2.45) is 5.73 Å². The number of anilines is 1. The third kappa shape index (κ3) is 2.78. The van der Waals surface area contributed by atoms with Gasteiger partial charge < -0.3 is 16.2 Å². The smallest absolute Gasteiger partial charge is 0.335 e. The van der Waals surface area contributed by atoms with Gasteiger partial charge in [0.15, 0.2) is 0 Å². The van der Waals surface area contributed by atoms with Crippen molar-refractivity contribution in [2.45, 2.75) is 6.92 Å². The lowest BCUT2D eigenvalue weighted by Crippen LogP contribution is -2.22. The van der Waals surface area contributed by atoms with Gasteiger partial charge >= 0.3 is 5.97 Å². The fourth-order valence-electron chi connectivity index (χ4n) is 1.14. The van der Waals surface area contributed by atoms with Crippen LogP contribution in [0.5, 0.6) is 0 Å². The molecule has 5 heteroatoms. The maximum atomic E-state index is 11.0. The average molecular weight is 208 g/mol. The van der Waals surface area contributed by atoms with Crippen molar-refractivity contribution >= 4 is 17.6 Å². The molecular weight excluding hydrogens is 196 g/mol. The Morgan fingerprint density at radius 2 is 2.13 bits per heavy atom. The first-order chi connectivity index (χ1) is 7.04. The van der Waals surface area contributed by atoms with Gasteiger partial charge in [-0.3, -0.25) is 4.79 Å². The summed E-state index contributed by atoms with van der Waals surface area (Å²) in [4.78, 5) is 21.6. The molecular formula is C10H12N2O3. The number of benzene rings is 1. The third-order valence-corrected chi connectivity index (χ3v) is 1.93. The Kier molecular flexibility index (Phi) is 3.41. The molecule has 0 atom stereocenters. The van der Waals surface area contributed by atoms with E-state index in [0.29, 0.717) is 11.3 Å². The van der Waals surface area contributed by atoms with Crippen LogP contribution in [0.3, 0.4) is 0 Å². The molecule has 0 saturated carbocycles. The fraction of sp³-hybridized carbons (Fsp3) is 0.200. The number of hydrogen-bond donors (Lipinski definition) is 3. The van der Waals surface area contributed by atoms with Gasteiger partial charge in [-0.2, -0.15) is 0 Å². The van der Waals surface area contributed by atoms with Gasteiger partial charge in [0.1, 0.15) is 0 Å². The van der Waals surface area contributed by atoms with E-state index in [1.54, 1.807) is 13.0 Å². The quantitative estimate of drug-likeness (QED) is 0.677. The van der Waals surface area contributed by atoms with Crippen LogP contribution in [0.25, 0.3) is 0 Å². The summed E-state index contributed by atoms with van der Waals surface area (Å²) in [5.74, 6) is -1.30. The van der Waals surface area contributed by atoms with Gasteiger partial charge in [-0.05, 0) is 30.7 Å². The SMILES string of the molecule is Cc1cc(C(=O)O)ccc1NC(=O)CN. The molecule has 0 aliphatic heterocycles. The molecule has 0 fully saturated rings. The van der Waals surface area contributed by atoms with E-state index in [2.05, 4.69) is 5.32 Å². The van der Waals surface area contributed by atoms with Crippen LogP contribution < -0.4 is 11.1 Å². The van der Waals surface area contributed by atoms with Gasteiger partial charge in [0.2, 0.25) is 5.91 Å². The number of nitrogens with two attached hydrogens (primary N) is 1. The number of carbonyl (C=O) groups is 2. The van der Waals surface area contributed by atoms with E-state index in [4.69, 9.17) is 10.8 Å². The second-order valence-electron chi connectivity index (χ2n) is 3.09. The highest BCUT2D eigenvalue weighted by molar-refractivity contribution is 5.94. The Morgan fingerprint density at radius 3 is 2.60 bits per heavy atom. The molecule has 1 aromatic carbocycles. The molecule has 15 heavy (non-hydrogen) atoms. The van der Waals surface area contributed by atoms with Crippen LogP contribution in [-0.2, 0) is 4.79 Å². The normalized spacial score (nSPS) is 9.73. The van der Waals surface area contributed by atoms with Crippen LogP contribution in [0.1, 0.15) is 15.9 Å². The van der Waals surface area contributed by atoms with E-state index >= 15 is 0 Å². The Labute approximate surface area is 86.9 Å². The second kappa shape index (κ2) is 4.56. The second-order valence-corrected chi connectivity index (χ2v) is 3.09. The van der Waals surface area contributed by atoms with Crippen LogP contribution in [0.4, 0.5) is 5.69 Å². The summed E-state index contributed by atoms with van der Waals surface area (Å²) in [6, 6.07) is 4.47. The van der Waals surface area contributed by atoms with E-state index in [1.165, 1.54) is 12.1 Å². The Hall–Kier alpha value is -1.88. The van der Waals surface area contributed by atoms with Crippen LogP contribution in [0.15, 0.2) is 18.2 Å². The fourth-order valence-corrected chi connectivity index (χ4v) is 1.14. The molecule has 0 saturated heterocycles. The summed E-state index contributed by atoms with van der Waals surface area (Å²) in [6.07, 6.45) is 0. The highest BCUT2D eigenvalue weighted by atomic mass is 16.4. The van der Waals surface area contributed by atoms with Crippen LogP contribution >= 0.6 is 0 Å². The van der Waals surface area contributed by atoms with Crippen LogP contribution in [0, 0.1) is 6.92 Å². The molecule has 0 aliphatic carbocycles. The predicted octanol–water partition coefficient (Wildman–Crippen LogP) is 0.590. The first kappa shape index (κ1) is 11.2. The van der Waals surface area contributed by atoms with Gasteiger partial charge in [0.25, 0.3) is 0 Å². The molecule has 0 radical (unpaired) electrons. The number of nitrogens with one attached hydrogen (secondary N) is 1. The largest absolute Gasteiger partial charge is 0.478 e. The summed E-state index contributed by atoms with van der Waals surface area (Å²) >= 11 is 0. The predicted molar refractivity (Wildman–Crippen MR) is 55.8 cm³/mol. The minimum atomic E-state index is -0.991. The van der Waals surface area contributed by atoms with Crippen molar-refractivity contribution in [3.05, 3.63) is 29.3 Å². The maximum Gasteiger partial charge on any atom is 0.335 e. The van der Waals surface area contributed by atoms with Gasteiger partial charge in [0.05, 0.1) is 12.1 Å². The standard InChI is InChI=1S/C10H12N2O3/c1-6-4-7(10(14)15)2-3-8(6)12-9(13)5-11/h2-4H,5,11H2,1H3,(H,12,13)(H,14,15). The lowest BCUT2D eigenvalue weighted by atomic mass is 10.1. The molecule has 1 aromatic rings. The number of aryl methyl sites for hydroxylation is 1. The lowest BCUT2D eigenvalue weighted by molar-refractivity contribution is -0.114. The molecule has 5 nitrogen and oxygen atoms in total. The van der Waals surface area contributed by atoms with Crippen LogP contribution in [-0.4, -0.2) is 23.5 Å². The van der Waals surface area contributed by atoms with E-state index in [-0.39, 0.29) is 18.0 Å². The number of rotatable bonds is 3. The molecule has 0 spiro atoms. The summed E-state index contributed by atoms with van der Waals surface area (Å²) < 4.78 is 0. The van der Waals surface area contributed by atoms with E-state index in [9.17, 15) is 9.59 Å². The topological polar surface area (TPSA) is 92.4 Å². The van der Waals surface area contributed by atoms with E-state index in [1.807, 2.05) is 0 Å². The molecule has 4 N–H and O–H groups in total. The van der Waals surface area contributed by atoms with E-state index in [0.717, 1.165) is 0 Å². The molecule has 0 aliphatic rings. The molecule has 0 unspecified atom stereocenters. The number of aromatic carboxylic acids is 1. The lowest BCUT2D eigenvalue weighted by Gasteiger charge is -2.07. The number of hydrogen-bond acceptors (Lipinski definition) is 3. The molecule has 0 aromatic heterocycles. The molecule has 0 bridgehead atoms. The average Bonchev–Trinajstić information content (AvgIpc) is 2.20. The zero-order valence-electron chi connectivity index (χ0n) is 8.28. The molecule has 80 valence electrons. The Bertz CT molecular complexity index is 402. The highest BCUT2D eigenvalue weighted by Crippen LogP contribution is 2.16. The number of carboxylic acid groups (broad SMARTS) is 1. The Balaban J connectivity index is 2.93. The summed E-state index contributed by atoms with van der Waals surface area (Å²) in [7, 11) is 0. The van der Waals surface area contributed by atoms with Crippen LogP contribution in [0.2, 0.25) is 0 Å². The van der Waals surface area contributed by atoms with Crippen molar-refractivity contribution in [1.82, 2.24) is 0 Å².